The van der Waals surface area contributed by atoms with E-state index in [9.17, 15) is 4.79 Å². The topological polar surface area (TPSA) is 38.3 Å². The van der Waals surface area contributed by atoms with Gasteiger partial charge in [-0.2, -0.15) is 0 Å². The first-order chi connectivity index (χ1) is 10.1. The van der Waals surface area contributed by atoms with Crippen LogP contribution in [0.15, 0.2) is 48.5 Å². The molecule has 0 amide bonds. The Hall–Kier alpha value is -1.55. The van der Waals surface area contributed by atoms with E-state index in [2.05, 4.69) is 5.32 Å². The van der Waals surface area contributed by atoms with Crippen LogP contribution in [0.5, 0.6) is 0 Å². The third-order valence-corrected chi connectivity index (χ3v) is 3.41. The lowest BCUT2D eigenvalue weighted by Gasteiger charge is -2.19. The molecule has 0 aromatic heterocycles. The van der Waals surface area contributed by atoms with Gasteiger partial charge in [-0.25, -0.2) is 0 Å². The molecule has 21 heavy (non-hydrogen) atoms. The van der Waals surface area contributed by atoms with Crippen molar-refractivity contribution >= 4 is 34.7 Å². The van der Waals surface area contributed by atoms with Gasteiger partial charge in [-0.1, -0.05) is 53.5 Å². The van der Waals surface area contributed by atoms with Crippen molar-refractivity contribution < 1.29 is 9.53 Å². The largest absolute Gasteiger partial charge is 0.352 e. The maximum Gasteiger partial charge on any atom is 0.212 e. The van der Waals surface area contributed by atoms with Gasteiger partial charge in [0.2, 0.25) is 5.78 Å². The van der Waals surface area contributed by atoms with Gasteiger partial charge in [0.15, 0.2) is 6.23 Å². The molecule has 1 N–H and O–H groups in total. The number of rotatable bonds is 6. The molecule has 110 valence electrons. The van der Waals surface area contributed by atoms with Crippen molar-refractivity contribution in [3.05, 3.63) is 64.1 Å². The van der Waals surface area contributed by atoms with Crippen molar-refractivity contribution in [1.29, 1.82) is 0 Å². The van der Waals surface area contributed by atoms with Gasteiger partial charge in [0.1, 0.15) is 0 Å². The third kappa shape index (κ3) is 4.21. The summed E-state index contributed by atoms with van der Waals surface area (Å²) in [6.45, 7) is 2.22. The number of ketones is 1. The second-order valence-corrected chi connectivity index (χ2v) is 5.18. The first-order valence-corrected chi connectivity index (χ1v) is 7.30. The Morgan fingerprint density at radius 2 is 1.90 bits per heavy atom. The van der Waals surface area contributed by atoms with Crippen LogP contribution < -0.4 is 5.32 Å². The summed E-state index contributed by atoms with van der Waals surface area (Å²) in [5.41, 5.74) is 1.13. The van der Waals surface area contributed by atoms with Crippen molar-refractivity contribution in [3.8, 4) is 0 Å². The van der Waals surface area contributed by atoms with E-state index in [1.54, 1.807) is 30.3 Å². The van der Waals surface area contributed by atoms with E-state index in [4.69, 9.17) is 27.9 Å². The van der Waals surface area contributed by atoms with Crippen molar-refractivity contribution in [2.24, 2.45) is 0 Å². The Labute approximate surface area is 133 Å². The fraction of sp³-hybridized carbons (Fsp3) is 0.188. The minimum absolute atomic E-state index is 0.159. The zero-order valence-electron chi connectivity index (χ0n) is 11.5. The van der Waals surface area contributed by atoms with Crippen LogP contribution in [0.3, 0.4) is 0 Å². The van der Waals surface area contributed by atoms with E-state index in [-0.39, 0.29) is 5.78 Å². The van der Waals surface area contributed by atoms with Gasteiger partial charge in [0, 0.05) is 17.2 Å². The molecule has 0 saturated carbocycles. The van der Waals surface area contributed by atoms with Crippen molar-refractivity contribution in [2.75, 3.05) is 11.9 Å². The molecule has 0 spiro atoms. The smallest absolute Gasteiger partial charge is 0.212 e. The molecular weight excluding hydrogens is 309 g/mol. The molecule has 1 atom stereocenters. The molecule has 0 fully saturated rings. The van der Waals surface area contributed by atoms with Gasteiger partial charge >= 0.3 is 0 Å². The fourth-order valence-electron chi connectivity index (χ4n) is 1.85. The summed E-state index contributed by atoms with van der Waals surface area (Å²) in [4.78, 5) is 12.5. The van der Waals surface area contributed by atoms with Gasteiger partial charge in [0.25, 0.3) is 0 Å². The number of benzene rings is 2. The zero-order valence-corrected chi connectivity index (χ0v) is 13.0. The molecule has 0 aliphatic rings. The summed E-state index contributed by atoms with van der Waals surface area (Å²) < 4.78 is 5.49. The van der Waals surface area contributed by atoms with Gasteiger partial charge < -0.3 is 10.1 Å². The van der Waals surface area contributed by atoms with Crippen molar-refractivity contribution in [1.82, 2.24) is 0 Å². The first kappa shape index (κ1) is 15.8. The Morgan fingerprint density at radius 3 is 2.57 bits per heavy atom. The highest BCUT2D eigenvalue weighted by Crippen LogP contribution is 2.26. The van der Waals surface area contributed by atoms with Crippen LogP contribution in [0.2, 0.25) is 10.0 Å². The van der Waals surface area contributed by atoms with Crippen LogP contribution in [0, 0.1) is 0 Å². The molecule has 0 radical (unpaired) electrons. The second kappa shape index (κ2) is 7.46. The van der Waals surface area contributed by atoms with E-state index < -0.39 is 6.23 Å². The van der Waals surface area contributed by atoms with Gasteiger partial charge in [-0.05, 0) is 25.1 Å². The van der Waals surface area contributed by atoms with E-state index in [0.717, 1.165) is 0 Å². The van der Waals surface area contributed by atoms with Crippen molar-refractivity contribution in [3.63, 3.8) is 0 Å². The molecule has 0 heterocycles. The Morgan fingerprint density at radius 1 is 1.19 bits per heavy atom. The number of carbonyl (C=O) groups is 1. The SMILES string of the molecule is CCOC(Nc1cc(Cl)ccc1Cl)C(=O)c1ccccc1. The fourth-order valence-corrected chi connectivity index (χ4v) is 2.20. The lowest BCUT2D eigenvalue weighted by molar-refractivity contribution is 0.0550. The Bertz CT molecular complexity index is 617. The Balaban J connectivity index is 2.23. The second-order valence-electron chi connectivity index (χ2n) is 4.33. The van der Waals surface area contributed by atoms with Crippen molar-refractivity contribution in [2.45, 2.75) is 13.2 Å². The summed E-state index contributed by atoms with van der Waals surface area (Å²) in [6, 6.07) is 14.0. The maximum absolute atomic E-state index is 12.5. The Kier molecular flexibility index (Phi) is 5.62. The lowest BCUT2D eigenvalue weighted by atomic mass is 10.1. The molecule has 0 bridgehead atoms. The summed E-state index contributed by atoms with van der Waals surface area (Å²) in [5.74, 6) is -0.159. The van der Waals surface area contributed by atoms with E-state index >= 15 is 0 Å². The molecule has 0 aliphatic heterocycles. The van der Waals surface area contributed by atoms with Crippen LogP contribution in [0.1, 0.15) is 17.3 Å². The highest BCUT2D eigenvalue weighted by molar-refractivity contribution is 6.35. The van der Waals surface area contributed by atoms with E-state index in [1.165, 1.54) is 0 Å². The molecule has 5 heteroatoms. The summed E-state index contributed by atoms with van der Waals surface area (Å²) >= 11 is 12.1. The first-order valence-electron chi connectivity index (χ1n) is 6.54. The molecule has 0 saturated heterocycles. The average molecular weight is 324 g/mol. The van der Waals surface area contributed by atoms with Crippen LogP contribution in [0.25, 0.3) is 0 Å². The monoisotopic (exact) mass is 323 g/mol. The van der Waals surface area contributed by atoms with Crippen LogP contribution >= 0.6 is 23.2 Å². The number of Topliss-reactive ketones (excluding diaryl/α,β-unsaturated/α-hetero) is 1. The van der Waals surface area contributed by atoms with Crippen LogP contribution in [-0.2, 0) is 4.74 Å². The van der Waals surface area contributed by atoms with E-state index in [1.807, 2.05) is 25.1 Å². The molecule has 0 aliphatic carbocycles. The van der Waals surface area contributed by atoms with E-state index in [0.29, 0.717) is 27.9 Å². The standard InChI is InChI=1S/C16H15Cl2NO2/c1-2-21-16(15(20)11-6-4-3-5-7-11)19-14-10-12(17)8-9-13(14)18/h3-10,16,19H,2H2,1H3. The highest BCUT2D eigenvalue weighted by atomic mass is 35.5. The molecule has 3 nitrogen and oxygen atoms in total. The number of ether oxygens (including phenoxy) is 1. The number of hydrogen-bond donors (Lipinski definition) is 1. The molecule has 2 aromatic rings. The predicted molar refractivity (Wildman–Crippen MR) is 86.3 cm³/mol. The maximum atomic E-state index is 12.5. The highest BCUT2D eigenvalue weighted by Gasteiger charge is 2.21. The normalized spacial score (nSPS) is 12.0. The quantitative estimate of drug-likeness (QED) is 0.621. The average Bonchev–Trinajstić information content (AvgIpc) is 2.50. The molecular formula is C16H15Cl2NO2. The number of anilines is 1. The lowest BCUT2D eigenvalue weighted by Crippen LogP contribution is -2.32. The predicted octanol–water partition coefficient (Wildman–Crippen LogP) is 4.65. The number of halogens is 2. The molecule has 2 aromatic carbocycles. The summed E-state index contributed by atoms with van der Waals surface area (Å²) in [7, 11) is 0. The summed E-state index contributed by atoms with van der Waals surface area (Å²) in [5, 5.41) is 4.01. The minimum Gasteiger partial charge on any atom is -0.352 e. The third-order valence-electron chi connectivity index (χ3n) is 2.84. The van der Waals surface area contributed by atoms with Crippen LogP contribution in [0.4, 0.5) is 5.69 Å². The molecule has 2 rings (SSSR count). The number of nitrogens with one attached hydrogen (secondary N) is 1. The number of hydrogen-bond acceptors (Lipinski definition) is 3. The van der Waals surface area contributed by atoms with Gasteiger partial charge in [0.05, 0.1) is 10.7 Å². The van der Waals surface area contributed by atoms with Gasteiger partial charge in [-0.3, -0.25) is 4.79 Å². The van der Waals surface area contributed by atoms with Gasteiger partial charge in [-0.15, -0.1) is 0 Å². The van der Waals surface area contributed by atoms with Crippen LogP contribution in [-0.4, -0.2) is 18.6 Å². The number of carbonyl (C=O) groups excluding carboxylic acids is 1. The zero-order chi connectivity index (χ0) is 15.2. The molecule has 1 unspecified atom stereocenters. The summed E-state index contributed by atoms with van der Waals surface area (Å²) in [6.07, 6.45) is -0.812. The minimum atomic E-state index is -0.812.